The molecule has 1 spiro atoms. The van der Waals surface area contributed by atoms with Gasteiger partial charge in [0.15, 0.2) is 5.54 Å². The van der Waals surface area contributed by atoms with Gasteiger partial charge in [0.05, 0.1) is 6.61 Å². The lowest BCUT2D eigenvalue weighted by Crippen LogP contribution is -2.49. The molecule has 4 amide bonds. The van der Waals surface area contributed by atoms with Crippen molar-refractivity contribution in [2.24, 2.45) is 17.8 Å². The zero-order valence-electron chi connectivity index (χ0n) is 16.6. The molecule has 7 nitrogen and oxygen atoms in total. The highest BCUT2D eigenvalue weighted by atomic mass is 16.5. The summed E-state index contributed by atoms with van der Waals surface area (Å²) in [5.41, 5.74) is -0.481. The van der Waals surface area contributed by atoms with E-state index in [2.05, 4.69) is 10.6 Å². The Morgan fingerprint density at radius 3 is 2.90 bits per heavy atom. The number of hydrogen-bond donors (Lipinski definition) is 2. The van der Waals surface area contributed by atoms with Crippen LogP contribution in [-0.2, 0) is 15.1 Å². The minimum absolute atomic E-state index is 0.0660. The van der Waals surface area contributed by atoms with Crippen molar-refractivity contribution < 1.29 is 19.1 Å². The van der Waals surface area contributed by atoms with E-state index >= 15 is 0 Å². The Labute approximate surface area is 170 Å². The molecular formula is C22H27N3O4. The molecule has 2 bridgehead atoms. The fourth-order valence-electron chi connectivity index (χ4n) is 5.97. The van der Waals surface area contributed by atoms with Crippen LogP contribution < -0.4 is 15.4 Å². The summed E-state index contributed by atoms with van der Waals surface area (Å²) >= 11 is 0. The van der Waals surface area contributed by atoms with Gasteiger partial charge < -0.3 is 15.4 Å². The number of fused-ring (bicyclic) bond motifs is 4. The van der Waals surface area contributed by atoms with Crippen molar-refractivity contribution in [1.29, 1.82) is 0 Å². The second-order valence-electron chi connectivity index (χ2n) is 9.02. The van der Waals surface area contributed by atoms with Crippen LogP contribution in [0.15, 0.2) is 24.3 Å². The van der Waals surface area contributed by atoms with E-state index in [4.69, 9.17) is 4.74 Å². The number of rotatable bonds is 4. The topological polar surface area (TPSA) is 87.7 Å². The number of hydrogen-bond acceptors (Lipinski definition) is 4. The lowest BCUT2D eigenvalue weighted by atomic mass is 9.84. The molecule has 5 unspecified atom stereocenters. The minimum atomic E-state index is -1.14. The molecule has 0 radical (unpaired) electrons. The van der Waals surface area contributed by atoms with Crippen molar-refractivity contribution in [3.8, 4) is 5.75 Å². The van der Waals surface area contributed by atoms with Crippen LogP contribution in [0, 0.1) is 17.8 Å². The minimum Gasteiger partial charge on any atom is -0.493 e. The van der Waals surface area contributed by atoms with Crippen LogP contribution >= 0.6 is 0 Å². The highest BCUT2D eigenvalue weighted by Gasteiger charge is 2.55. The number of nitrogens with one attached hydrogen (secondary N) is 2. The monoisotopic (exact) mass is 397 g/mol. The Hall–Kier alpha value is -2.57. The molecule has 1 saturated heterocycles. The maximum absolute atomic E-state index is 13.2. The molecule has 2 aliphatic heterocycles. The first-order valence-electron chi connectivity index (χ1n) is 10.6. The Morgan fingerprint density at radius 1 is 1.31 bits per heavy atom. The first kappa shape index (κ1) is 18.5. The number of imide groups is 1. The van der Waals surface area contributed by atoms with Gasteiger partial charge in [-0.2, -0.15) is 0 Å². The summed E-state index contributed by atoms with van der Waals surface area (Å²) in [4.78, 5) is 39.6. The summed E-state index contributed by atoms with van der Waals surface area (Å²) in [6.07, 6.45) is 5.38. The molecule has 5 atom stereocenters. The largest absolute Gasteiger partial charge is 0.493 e. The standard InChI is InChI=1S/C22H27N3O4/c1-13(16-11-14-6-7-15(16)10-14)23-19(26)12-25-20(27)22(24-21(25)28)8-9-29-18-5-3-2-4-17(18)22/h2-5,13-16H,6-12H2,1H3,(H,23,26)(H,24,28). The van der Waals surface area contributed by atoms with E-state index in [0.717, 1.165) is 10.8 Å². The summed E-state index contributed by atoms with van der Waals surface area (Å²) in [5.74, 6) is 1.97. The number of benzene rings is 1. The van der Waals surface area contributed by atoms with Crippen molar-refractivity contribution in [3.63, 3.8) is 0 Å². The van der Waals surface area contributed by atoms with Crippen molar-refractivity contribution in [2.75, 3.05) is 13.2 Å². The lowest BCUT2D eigenvalue weighted by molar-refractivity contribution is -0.136. The maximum atomic E-state index is 13.2. The van der Waals surface area contributed by atoms with E-state index in [9.17, 15) is 14.4 Å². The third-order valence-corrected chi connectivity index (χ3v) is 7.38. The first-order chi connectivity index (χ1) is 14.0. The summed E-state index contributed by atoms with van der Waals surface area (Å²) < 4.78 is 5.64. The highest BCUT2D eigenvalue weighted by molar-refractivity contribution is 6.09. The number of carbonyl (C=O) groups is 3. The van der Waals surface area contributed by atoms with Crippen LogP contribution in [0.1, 0.15) is 44.6 Å². The summed E-state index contributed by atoms with van der Waals surface area (Å²) in [6, 6.07) is 6.79. The lowest BCUT2D eigenvalue weighted by Gasteiger charge is -2.33. The van der Waals surface area contributed by atoms with Crippen LogP contribution in [0.5, 0.6) is 5.75 Å². The Kier molecular flexibility index (Phi) is 4.29. The average Bonchev–Trinajstić information content (AvgIpc) is 3.40. The van der Waals surface area contributed by atoms with E-state index in [1.807, 2.05) is 19.1 Å². The number of nitrogens with zero attached hydrogens (tertiary/aromatic N) is 1. The van der Waals surface area contributed by atoms with Crippen LogP contribution in [0.25, 0.3) is 0 Å². The molecule has 5 rings (SSSR count). The Balaban J connectivity index is 1.28. The summed E-state index contributed by atoms with van der Waals surface area (Å²) in [7, 11) is 0. The fraction of sp³-hybridized carbons (Fsp3) is 0.591. The maximum Gasteiger partial charge on any atom is 0.325 e. The molecule has 154 valence electrons. The third-order valence-electron chi connectivity index (χ3n) is 7.38. The summed E-state index contributed by atoms with van der Waals surface area (Å²) in [6.45, 7) is 2.14. The predicted octanol–water partition coefficient (Wildman–Crippen LogP) is 2.16. The van der Waals surface area contributed by atoms with Crippen molar-refractivity contribution in [1.82, 2.24) is 15.5 Å². The number of amides is 4. The fourth-order valence-corrected chi connectivity index (χ4v) is 5.97. The second-order valence-corrected chi connectivity index (χ2v) is 9.02. The molecule has 3 fully saturated rings. The van der Waals surface area contributed by atoms with E-state index < -0.39 is 11.6 Å². The quantitative estimate of drug-likeness (QED) is 0.762. The molecule has 4 aliphatic rings. The van der Waals surface area contributed by atoms with Crippen LogP contribution in [0.2, 0.25) is 0 Å². The van der Waals surface area contributed by atoms with Crippen LogP contribution in [-0.4, -0.2) is 41.9 Å². The molecule has 29 heavy (non-hydrogen) atoms. The molecule has 2 heterocycles. The Morgan fingerprint density at radius 2 is 2.14 bits per heavy atom. The molecule has 2 aliphatic carbocycles. The summed E-state index contributed by atoms with van der Waals surface area (Å²) in [5, 5.41) is 5.89. The molecule has 2 N–H and O–H groups in total. The predicted molar refractivity (Wildman–Crippen MR) is 105 cm³/mol. The van der Waals surface area contributed by atoms with Crippen LogP contribution in [0.4, 0.5) is 4.79 Å². The molecule has 1 aromatic carbocycles. The van der Waals surface area contributed by atoms with Gasteiger partial charge in [-0.3, -0.25) is 14.5 Å². The molecule has 7 heteroatoms. The molecular weight excluding hydrogens is 370 g/mol. The van der Waals surface area contributed by atoms with Gasteiger partial charge in [-0.25, -0.2) is 4.79 Å². The number of urea groups is 1. The van der Waals surface area contributed by atoms with Gasteiger partial charge >= 0.3 is 6.03 Å². The van der Waals surface area contributed by atoms with E-state index in [0.29, 0.717) is 36.2 Å². The third kappa shape index (κ3) is 2.90. The number of ether oxygens (including phenoxy) is 1. The van der Waals surface area contributed by atoms with Gasteiger partial charge in [-0.05, 0) is 50.0 Å². The highest BCUT2D eigenvalue weighted by Crippen LogP contribution is 2.49. The number of carbonyl (C=O) groups excluding carboxylic acids is 3. The van der Waals surface area contributed by atoms with Gasteiger partial charge in [0, 0.05) is 18.0 Å². The first-order valence-corrected chi connectivity index (χ1v) is 10.6. The van der Waals surface area contributed by atoms with Gasteiger partial charge in [0.2, 0.25) is 5.91 Å². The van der Waals surface area contributed by atoms with Crippen molar-refractivity contribution >= 4 is 17.8 Å². The van der Waals surface area contributed by atoms with Crippen molar-refractivity contribution in [3.05, 3.63) is 29.8 Å². The normalized spacial score (nSPS) is 33.4. The molecule has 2 saturated carbocycles. The van der Waals surface area contributed by atoms with Gasteiger partial charge in [-0.15, -0.1) is 0 Å². The molecule has 0 aromatic heterocycles. The Bertz CT molecular complexity index is 871. The van der Waals surface area contributed by atoms with Crippen LogP contribution in [0.3, 0.4) is 0 Å². The van der Waals surface area contributed by atoms with Gasteiger partial charge in [0.1, 0.15) is 12.3 Å². The van der Waals surface area contributed by atoms with E-state index in [1.165, 1.54) is 25.7 Å². The zero-order valence-corrected chi connectivity index (χ0v) is 16.6. The van der Waals surface area contributed by atoms with Gasteiger partial charge in [0.25, 0.3) is 5.91 Å². The average molecular weight is 397 g/mol. The number of para-hydroxylation sites is 1. The van der Waals surface area contributed by atoms with E-state index in [1.54, 1.807) is 12.1 Å². The SMILES string of the molecule is CC(NC(=O)CN1C(=O)NC2(CCOc3ccccc32)C1=O)C1CC2CCC1C2. The van der Waals surface area contributed by atoms with Crippen molar-refractivity contribution in [2.45, 2.75) is 50.6 Å². The smallest absolute Gasteiger partial charge is 0.325 e. The van der Waals surface area contributed by atoms with E-state index in [-0.39, 0.29) is 24.4 Å². The molecule has 1 aromatic rings. The second kappa shape index (κ2) is 6.75. The zero-order chi connectivity index (χ0) is 20.2. The van der Waals surface area contributed by atoms with Gasteiger partial charge in [-0.1, -0.05) is 24.6 Å².